The first kappa shape index (κ1) is 12.5. The molecule has 3 N–H and O–H groups in total. The summed E-state index contributed by atoms with van der Waals surface area (Å²) in [6, 6.07) is 5.02. The summed E-state index contributed by atoms with van der Waals surface area (Å²) in [5.74, 6) is -2.12. The molecule has 0 fully saturated rings. The van der Waals surface area contributed by atoms with Crippen LogP contribution in [0.5, 0.6) is 0 Å². The van der Waals surface area contributed by atoms with Crippen LogP contribution < -0.4 is 11.1 Å². The van der Waals surface area contributed by atoms with E-state index in [4.69, 9.17) is 5.73 Å². The van der Waals surface area contributed by atoms with Gasteiger partial charge in [-0.25, -0.2) is 8.78 Å². The fraction of sp³-hybridized carbons (Fsp3) is 0.143. The average molecular weight is 275 g/mol. The monoisotopic (exact) mass is 275 g/mol. The molecule has 0 spiro atoms. The molecule has 2 heterocycles. The van der Waals surface area contributed by atoms with Gasteiger partial charge in [-0.2, -0.15) is 0 Å². The zero-order chi connectivity index (χ0) is 14.3. The molecule has 1 aromatic heterocycles. The molecule has 20 heavy (non-hydrogen) atoms. The first-order valence-corrected chi connectivity index (χ1v) is 6.09. The van der Waals surface area contributed by atoms with Crippen molar-refractivity contribution in [3.63, 3.8) is 0 Å². The average Bonchev–Trinajstić information content (AvgIpc) is 2.41. The summed E-state index contributed by atoms with van der Waals surface area (Å²) in [5, 5.41) is 2.69. The summed E-state index contributed by atoms with van der Waals surface area (Å²) in [6.07, 6.45) is 0.558. The fourth-order valence-corrected chi connectivity index (χ4v) is 2.25. The number of anilines is 1. The van der Waals surface area contributed by atoms with E-state index >= 15 is 0 Å². The Kier molecular flexibility index (Phi) is 2.85. The van der Waals surface area contributed by atoms with E-state index in [1.807, 2.05) is 0 Å². The minimum atomic E-state index is -0.946. The number of nitrogen functional groups attached to an aromatic ring is 1. The van der Waals surface area contributed by atoms with Gasteiger partial charge in [-0.3, -0.25) is 9.78 Å². The number of nitrogens with zero attached hydrogens (tertiary/aromatic N) is 1. The minimum Gasteiger partial charge on any atom is -0.398 e. The first-order chi connectivity index (χ1) is 9.56. The molecule has 0 unspecified atom stereocenters. The lowest BCUT2D eigenvalue weighted by Crippen LogP contribution is -2.33. The number of rotatable bonds is 1. The van der Waals surface area contributed by atoms with Crippen molar-refractivity contribution in [1.82, 2.24) is 10.3 Å². The summed E-state index contributed by atoms with van der Waals surface area (Å²) >= 11 is 0. The Morgan fingerprint density at radius 2 is 2.00 bits per heavy atom. The van der Waals surface area contributed by atoms with Gasteiger partial charge in [-0.15, -0.1) is 0 Å². The number of aromatic nitrogens is 1. The molecule has 4 nitrogen and oxygen atoms in total. The number of fused-ring (bicyclic) bond motifs is 1. The summed E-state index contributed by atoms with van der Waals surface area (Å²) < 4.78 is 26.2. The van der Waals surface area contributed by atoms with Crippen LogP contribution in [-0.4, -0.2) is 17.4 Å². The number of amides is 1. The third-order valence-electron chi connectivity index (χ3n) is 3.21. The lowest BCUT2D eigenvalue weighted by molar-refractivity contribution is 0.0946. The molecule has 0 atom stereocenters. The first-order valence-electron chi connectivity index (χ1n) is 6.09. The number of nitrogens with one attached hydrogen (secondary N) is 1. The number of nitrogens with two attached hydrogens (primary N) is 1. The number of hydrogen-bond acceptors (Lipinski definition) is 3. The highest BCUT2D eigenvalue weighted by Gasteiger charge is 2.22. The van der Waals surface area contributed by atoms with Crippen LogP contribution in [0.1, 0.15) is 16.1 Å². The van der Waals surface area contributed by atoms with Gasteiger partial charge >= 0.3 is 0 Å². The van der Waals surface area contributed by atoms with Crippen molar-refractivity contribution >= 4 is 11.6 Å². The number of halogens is 2. The largest absolute Gasteiger partial charge is 0.398 e. The van der Waals surface area contributed by atoms with Crippen LogP contribution in [0, 0.1) is 11.6 Å². The van der Waals surface area contributed by atoms with Crippen LogP contribution in [0.25, 0.3) is 11.3 Å². The Morgan fingerprint density at radius 1 is 1.20 bits per heavy atom. The van der Waals surface area contributed by atoms with E-state index < -0.39 is 11.6 Å². The number of carbonyl (C=O) groups excluding carboxylic acids is 1. The molecule has 0 radical (unpaired) electrons. The molecule has 2 aromatic rings. The molecule has 1 aromatic carbocycles. The van der Waals surface area contributed by atoms with Gasteiger partial charge in [-0.05, 0) is 24.3 Å². The molecule has 6 heteroatoms. The van der Waals surface area contributed by atoms with E-state index in [2.05, 4.69) is 10.3 Å². The van der Waals surface area contributed by atoms with Crippen LogP contribution in [0.4, 0.5) is 14.5 Å². The predicted molar refractivity (Wildman–Crippen MR) is 70.0 cm³/mol. The highest BCUT2D eigenvalue weighted by molar-refractivity contribution is 6.01. The Labute approximate surface area is 113 Å². The molecule has 1 aliphatic rings. The van der Waals surface area contributed by atoms with E-state index in [9.17, 15) is 13.6 Å². The molecule has 102 valence electrons. The van der Waals surface area contributed by atoms with Crippen LogP contribution in [0.15, 0.2) is 24.3 Å². The summed E-state index contributed by atoms with van der Waals surface area (Å²) in [6.45, 7) is 0.486. The maximum atomic E-state index is 13.3. The van der Waals surface area contributed by atoms with E-state index in [1.165, 1.54) is 12.1 Å². The van der Waals surface area contributed by atoms with Crippen molar-refractivity contribution in [1.29, 1.82) is 0 Å². The highest BCUT2D eigenvalue weighted by atomic mass is 19.2. The quantitative estimate of drug-likeness (QED) is 0.835. The van der Waals surface area contributed by atoms with E-state index in [1.54, 1.807) is 0 Å². The number of hydrogen-bond donors (Lipinski definition) is 2. The van der Waals surface area contributed by atoms with Gasteiger partial charge < -0.3 is 11.1 Å². The maximum Gasteiger partial charge on any atom is 0.255 e. The Hall–Kier alpha value is -2.50. The Bertz CT molecular complexity index is 716. The third kappa shape index (κ3) is 1.99. The van der Waals surface area contributed by atoms with Crippen molar-refractivity contribution < 1.29 is 13.6 Å². The smallest absolute Gasteiger partial charge is 0.255 e. The second-order valence-electron chi connectivity index (χ2n) is 4.55. The Morgan fingerprint density at radius 3 is 2.75 bits per heavy atom. The SMILES string of the molecule is Nc1cc(-c2ccc(F)c(F)c2)nc2c1C(=O)NCC2. The zero-order valence-electron chi connectivity index (χ0n) is 10.4. The number of benzene rings is 1. The normalized spacial score (nSPS) is 13.8. The number of carbonyl (C=O) groups is 1. The van der Waals surface area contributed by atoms with Gasteiger partial charge in [0.15, 0.2) is 11.6 Å². The van der Waals surface area contributed by atoms with Gasteiger partial charge in [0.2, 0.25) is 0 Å². The second-order valence-corrected chi connectivity index (χ2v) is 4.55. The fourth-order valence-electron chi connectivity index (χ4n) is 2.25. The van der Waals surface area contributed by atoms with Gasteiger partial charge in [0.1, 0.15) is 0 Å². The standard InChI is InChI=1S/C14H11F2N3O/c15-8-2-1-7(5-9(8)16)12-6-10(17)13-11(19-12)3-4-18-14(13)20/h1-2,5-6H,3-4H2,(H2,17,19)(H,18,20). The highest BCUT2D eigenvalue weighted by Crippen LogP contribution is 2.27. The van der Waals surface area contributed by atoms with Gasteiger partial charge in [0.05, 0.1) is 17.0 Å². The van der Waals surface area contributed by atoms with Crippen LogP contribution in [-0.2, 0) is 6.42 Å². The predicted octanol–water partition coefficient (Wildman–Crippen LogP) is 1.89. The Balaban J connectivity index is 2.13. The molecule has 0 aliphatic carbocycles. The molecular formula is C14H11F2N3O. The molecular weight excluding hydrogens is 264 g/mol. The van der Waals surface area contributed by atoms with Gasteiger partial charge in [0.25, 0.3) is 5.91 Å². The molecule has 0 saturated heterocycles. The van der Waals surface area contributed by atoms with E-state index in [0.29, 0.717) is 35.5 Å². The van der Waals surface area contributed by atoms with Crippen LogP contribution >= 0.6 is 0 Å². The van der Waals surface area contributed by atoms with Crippen molar-refractivity contribution in [2.24, 2.45) is 0 Å². The zero-order valence-corrected chi connectivity index (χ0v) is 10.4. The lowest BCUT2D eigenvalue weighted by Gasteiger charge is -2.18. The van der Waals surface area contributed by atoms with Crippen LogP contribution in [0.3, 0.4) is 0 Å². The number of pyridine rings is 1. The minimum absolute atomic E-state index is 0.256. The molecule has 1 amide bonds. The molecule has 0 bridgehead atoms. The van der Waals surface area contributed by atoms with Crippen LogP contribution in [0.2, 0.25) is 0 Å². The summed E-state index contributed by atoms with van der Waals surface area (Å²) in [4.78, 5) is 16.0. The van der Waals surface area contributed by atoms with Gasteiger partial charge in [0, 0.05) is 24.2 Å². The topological polar surface area (TPSA) is 68.0 Å². The summed E-state index contributed by atoms with van der Waals surface area (Å²) in [5.41, 5.74) is 7.94. The second kappa shape index (κ2) is 4.56. The van der Waals surface area contributed by atoms with E-state index in [0.717, 1.165) is 12.1 Å². The van der Waals surface area contributed by atoms with Crippen molar-refractivity contribution in [2.45, 2.75) is 6.42 Å². The van der Waals surface area contributed by atoms with Gasteiger partial charge in [-0.1, -0.05) is 0 Å². The van der Waals surface area contributed by atoms with Crippen molar-refractivity contribution in [3.8, 4) is 11.3 Å². The maximum absolute atomic E-state index is 13.3. The van der Waals surface area contributed by atoms with E-state index in [-0.39, 0.29) is 11.6 Å². The lowest BCUT2D eigenvalue weighted by atomic mass is 10.0. The van der Waals surface area contributed by atoms with Crippen molar-refractivity contribution in [3.05, 3.63) is 47.2 Å². The molecule has 3 rings (SSSR count). The third-order valence-corrected chi connectivity index (χ3v) is 3.21. The summed E-state index contributed by atoms with van der Waals surface area (Å²) in [7, 11) is 0. The van der Waals surface area contributed by atoms with Crippen molar-refractivity contribution in [2.75, 3.05) is 12.3 Å². The molecule has 1 aliphatic heterocycles. The molecule has 0 saturated carbocycles.